The van der Waals surface area contributed by atoms with Gasteiger partial charge >= 0.3 is 0 Å². The van der Waals surface area contributed by atoms with Gasteiger partial charge in [0, 0.05) is 16.1 Å². The lowest BCUT2D eigenvalue weighted by atomic mass is 10.0. The van der Waals surface area contributed by atoms with Gasteiger partial charge < -0.3 is 16.2 Å². The van der Waals surface area contributed by atoms with Crippen LogP contribution in [0.15, 0.2) is 22.7 Å². The van der Waals surface area contributed by atoms with Gasteiger partial charge in [-0.05, 0) is 31.5 Å². The first kappa shape index (κ1) is 16.7. The van der Waals surface area contributed by atoms with Gasteiger partial charge in [-0.15, -0.1) is 12.4 Å². The quantitative estimate of drug-likeness (QED) is 0.791. The normalized spacial score (nSPS) is 11.8. The largest absolute Gasteiger partial charge is 0.496 e. The van der Waals surface area contributed by atoms with Gasteiger partial charge in [0.2, 0.25) is 0 Å². The Balaban J connectivity index is 0.00000256. The molecule has 0 saturated carbocycles. The molecule has 0 aliphatic carbocycles. The molecule has 4 N–H and O–H groups in total. The van der Waals surface area contributed by atoms with Gasteiger partial charge in [-0.2, -0.15) is 0 Å². The van der Waals surface area contributed by atoms with Crippen molar-refractivity contribution in [2.24, 2.45) is 11.5 Å². The van der Waals surface area contributed by atoms with Crippen molar-refractivity contribution in [2.45, 2.75) is 25.3 Å². The maximum atomic E-state index is 6.13. The van der Waals surface area contributed by atoms with Gasteiger partial charge in [-0.25, -0.2) is 0 Å². The van der Waals surface area contributed by atoms with Crippen molar-refractivity contribution in [1.29, 1.82) is 0 Å². The van der Waals surface area contributed by atoms with E-state index in [1.807, 2.05) is 18.2 Å². The summed E-state index contributed by atoms with van der Waals surface area (Å²) < 4.78 is 6.32. The maximum Gasteiger partial charge on any atom is 0.124 e. The van der Waals surface area contributed by atoms with Crippen molar-refractivity contribution >= 4 is 28.3 Å². The number of rotatable bonds is 6. The van der Waals surface area contributed by atoms with E-state index in [1.165, 1.54) is 0 Å². The summed E-state index contributed by atoms with van der Waals surface area (Å²) in [6.45, 7) is 0.726. The second-order valence-corrected chi connectivity index (χ2v) is 4.69. The molecule has 0 fully saturated rings. The number of benzene rings is 1. The van der Waals surface area contributed by atoms with Crippen molar-refractivity contribution in [1.82, 2.24) is 0 Å². The van der Waals surface area contributed by atoms with E-state index in [2.05, 4.69) is 15.9 Å². The molecule has 3 nitrogen and oxygen atoms in total. The number of methoxy groups -OCH3 is 1. The minimum atomic E-state index is 0. The second kappa shape index (κ2) is 8.75. The highest BCUT2D eigenvalue weighted by molar-refractivity contribution is 9.10. The first-order valence-electron chi connectivity index (χ1n) is 5.48. The molecule has 0 radical (unpaired) electrons. The van der Waals surface area contributed by atoms with Crippen LogP contribution in [0.5, 0.6) is 5.75 Å². The van der Waals surface area contributed by atoms with E-state index >= 15 is 0 Å². The van der Waals surface area contributed by atoms with Crippen LogP contribution < -0.4 is 16.2 Å². The smallest absolute Gasteiger partial charge is 0.124 e. The molecule has 0 aromatic heterocycles. The fourth-order valence-electron chi connectivity index (χ4n) is 1.66. The van der Waals surface area contributed by atoms with E-state index in [1.54, 1.807) is 7.11 Å². The average Bonchev–Trinajstić information content (AvgIpc) is 2.29. The molecule has 98 valence electrons. The van der Waals surface area contributed by atoms with Crippen LogP contribution in [-0.2, 0) is 0 Å². The first-order chi connectivity index (χ1) is 7.69. The molecule has 1 rings (SSSR count). The highest BCUT2D eigenvalue weighted by Gasteiger charge is 2.11. The molecule has 1 atom stereocenters. The SMILES string of the molecule is COc1cc(Br)ccc1[C@H](N)CCCCN.Cl. The monoisotopic (exact) mass is 322 g/mol. The molecule has 0 unspecified atom stereocenters. The predicted octanol–water partition coefficient (Wildman–Crippen LogP) is 3.01. The van der Waals surface area contributed by atoms with E-state index in [9.17, 15) is 0 Å². The molecule has 0 heterocycles. The van der Waals surface area contributed by atoms with Gasteiger partial charge in [0.05, 0.1) is 7.11 Å². The van der Waals surface area contributed by atoms with Gasteiger partial charge in [-0.1, -0.05) is 28.4 Å². The van der Waals surface area contributed by atoms with E-state index < -0.39 is 0 Å². The van der Waals surface area contributed by atoms with Gasteiger partial charge in [0.1, 0.15) is 5.75 Å². The Morgan fingerprint density at radius 3 is 2.65 bits per heavy atom. The number of hydrogen-bond donors (Lipinski definition) is 2. The predicted molar refractivity (Wildman–Crippen MR) is 77.8 cm³/mol. The van der Waals surface area contributed by atoms with Crippen molar-refractivity contribution in [2.75, 3.05) is 13.7 Å². The summed E-state index contributed by atoms with van der Waals surface area (Å²) in [4.78, 5) is 0. The Labute approximate surface area is 117 Å². The van der Waals surface area contributed by atoms with Crippen LogP contribution in [0.4, 0.5) is 0 Å². The van der Waals surface area contributed by atoms with Gasteiger partial charge in [0.15, 0.2) is 0 Å². The Bertz CT molecular complexity index is 336. The summed E-state index contributed by atoms with van der Waals surface area (Å²) in [7, 11) is 1.66. The average molecular weight is 324 g/mol. The molecule has 0 aliphatic rings. The van der Waals surface area contributed by atoms with Crippen LogP contribution in [0, 0.1) is 0 Å². The fourth-order valence-corrected chi connectivity index (χ4v) is 2.00. The topological polar surface area (TPSA) is 61.3 Å². The Kier molecular flexibility index (Phi) is 8.60. The number of unbranched alkanes of at least 4 members (excludes halogenated alkanes) is 1. The summed E-state index contributed by atoms with van der Waals surface area (Å²) in [5.41, 5.74) is 12.6. The molecule has 0 bridgehead atoms. The van der Waals surface area contributed by atoms with Crippen LogP contribution in [-0.4, -0.2) is 13.7 Å². The molecule has 5 heteroatoms. The minimum Gasteiger partial charge on any atom is -0.496 e. The number of halogens is 2. The number of ether oxygens (including phenoxy) is 1. The Morgan fingerprint density at radius 2 is 2.06 bits per heavy atom. The summed E-state index contributed by atoms with van der Waals surface area (Å²) in [6.07, 6.45) is 3.01. The fraction of sp³-hybridized carbons (Fsp3) is 0.500. The third kappa shape index (κ3) is 5.25. The lowest BCUT2D eigenvalue weighted by Crippen LogP contribution is -2.12. The molecular formula is C12H20BrClN2O. The van der Waals surface area contributed by atoms with Crippen molar-refractivity contribution < 1.29 is 4.74 Å². The van der Waals surface area contributed by atoms with Crippen LogP contribution in [0.2, 0.25) is 0 Å². The van der Waals surface area contributed by atoms with Crippen molar-refractivity contribution in [3.05, 3.63) is 28.2 Å². The summed E-state index contributed by atoms with van der Waals surface area (Å²) in [5, 5.41) is 0. The standard InChI is InChI=1S/C12H19BrN2O.ClH/c1-16-12-8-9(13)5-6-10(12)11(15)4-2-3-7-14;/h5-6,8,11H,2-4,7,14-15H2,1H3;1H/t11-;/m1./s1. The molecule has 0 saturated heterocycles. The molecule has 1 aromatic carbocycles. The zero-order valence-electron chi connectivity index (χ0n) is 9.99. The van der Waals surface area contributed by atoms with E-state index in [-0.39, 0.29) is 18.4 Å². The molecule has 0 spiro atoms. The van der Waals surface area contributed by atoms with E-state index in [4.69, 9.17) is 16.2 Å². The highest BCUT2D eigenvalue weighted by Crippen LogP contribution is 2.29. The van der Waals surface area contributed by atoms with Gasteiger partial charge in [0.25, 0.3) is 0 Å². The number of hydrogen-bond acceptors (Lipinski definition) is 3. The molecular weight excluding hydrogens is 304 g/mol. The van der Waals surface area contributed by atoms with Crippen LogP contribution in [0.3, 0.4) is 0 Å². The highest BCUT2D eigenvalue weighted by atomic mass is 79.9. The minimum absolute atomic E-state index is 0. The maximum absolute atomic E-state index is 6.13. The molecule has 1 aromatic rings. The van der Waals surface area contributed by atoms with E-state index in [0.29, 0.717) is 0 Å². The summed E-state index contributed by atoms with van der Waals surface area (Å²) >= 11 is 3.41. The Hall–Kier alpha value is -0.290. The van der Waals surface area contributed by atoms with Crippen LogP contribution in [0.25, 0.3) is 0 Å². The van der Waals surface area contributed by atoms with Crippen molar-refractivity contribution in [3.8, 4) is 5.75 Å². The zero-order chi connectivity index (χ0) is 12.0. The summed E-state index contributed by atoms with van der Waals surface area (Å²) in [6, 6.07) is 5.96. The van der Waals surface area contributed by atoms with Crippen LogP contribution in [0.1, 0.15) is 30.9 Å². The number of nitrogens with two attached hydrogens (primary N) is 2. The van der Waals surface area contributed by atoms with E-state index in [0.717, 1.165) is 41.6 Å². The Morgan fingerprint density at radius 1 is 1.35 bits per heavy atom. The second-order valence-electron chi connectivity index (χ2n) is 3.78. The summed E-state index contributed by atoms with van der Waals surface area (Å²) in [5.74, 6) is 0.842. The lowest BCUT2D eigenvalue weighted by Gasteiger charge is -2.15. The lowest BCUT2D eigenvalue weighted by molar-refractivity contribution is 0.403. The van der Waals surface area contributed by atoms with Crippen molar-refractivity contribution in [3.63, 3.8) is 0 Å². The van der Waals surface area contributed by atoms with Gasteiger partial charge in [-0.3, -0.25) is 0 Å². The molecule has 0 amide bonds. The van der Waals surface area contributed by atoms with Crippen LogP contribution >= 0.6 is 28.3 Å². The third-order valence-corrected chi connectivity index (χ3v) is 3.06. The molecule has 17 heavy (non-hydrogen) atoms. The zero-order valence-corrected chi connectivity index (χ0v) is 12.4. The first-order valence-corrected chi connectivity index (χ1v) is 6.27. The third-order valence-electron chi connectivity index (χ3n) is 2.56. The molecule has 0 aliphatic heterocycles.